The van der Waals surface area contributed by atoms with E-state index in [1.54, 1.807) is 6.92 Å². The molecule has 0 saturated heterocycles. The Morgan fingerprint density at radius 3 is 2.65 bits per heavy atom. The van der Waals surface area contributed by atoms with Crippen LogP contribution in [-0.4, -0.2) is 34.6 Å². The largest absolute Gasteiger partial charge is 0.406 e. The summed E-state index contributed by atoms with van der Waals surface area (Å²) >= 11 is 0. The number of carbonyl (C=O) groups is 1. The van der Waals surface area contributed by atoms with Gasteiger partial charge in [0, 0.05) is 12.2 Å². The smallest absolute Gasteiger partial charge is 0.326 e. The topological polar surface area (TPSA) is 33.2 Å². The summed E-state index contributed by atoms with van der Waals surface area (Å²) in [6.45, 7) is 0.188. The van der Waals surface area contributed by atoms with Crippen LogP contribution in [0.15, 0.2) is 18.3 Å². The summed E-state index contributed by atoms with van der Waals surface area (Å²) in [5.74, 6) is -1.96. The molecule has 0 bridgehead atoms. The molecule has 3 nitrogen and oxygen atoms in total. The number of hydrogen-bond donors (Lipinski definition) is 0. The van der Waals surface area contributed by atoms with Gasteiger partial charge in [0.15, 0.2) is 0 Å². The number of nitrogens with zero attached hydrogens (tertiary/aromatic N) is 2. The highest BCUT2D eigenvalue weighted by molar-refractivity contribution is 5.94. The second-order valence-electron chi connectivity index (χ2n) is 4.97. The van der Waals surface area contributed by atoms with Crippen LogP contribution in [0.4, 0.5) is 17.6 Å². The van der Waals surface area contributed by atoms with Crippen molar-refractivity contribution < 1.29 is 22.4 Å². The predicted octanol–water partition coefficient (Wildman–Crippen LogP) is 3.02. The van der Waals surface area contributed by atoms with E-state index >= 15 is 0 Å². The van der Waals surface area contributed by atoms with Crippen LogP contribution in [-0.2, 0) is 0 Å². The number of carbonyl (C=O) groups excluding carboxylic acids is 1. The Labute approximate surface area is 113 Å². The number of halogens is 4. The lowest BCUT2D eigenvalue weighted by atomic mass is 10.1. The molecule has 1 unspecified atom stereocenters. The lowest BCUT2D eigenvalue weighted by molar-refractivity contribution is -0.144. The molecule has 1 aliphatic rings. The van der Waals surface area contributed by atoms with Crippen LogP contribution in [0, 0.1) is 11.9 Å². The van der Waals surface area contributed by atoms with Gasteiger partial charge in [-0.15, -0.1) is 0 Å². The lowest BCUT2D eigenvalue weighted by Crippen LogP contribution is -2.45. The molecule has 110 valence electrons. The molecule has 2 rings (SSSR count). The highest BCUT2D eigenvalue weighted by Gasteiger charge is 2.41. The molecule has 20 heavy (non-hydrogen) atoms. The van der Waals surface area contributed by atoms with Gasteiger partial charge in [-0.05, 0) is 37.8 Å². The van der Waals surface area contributed by atoms with Crippen LogP contribution >= 0.6 is 0 Å². The molecular formula is C13H14F4N2O. The van der Waals surface area contributed by atoms with Crippen LogP contribution < -0.4 is 0 Å². The Morgan fingerprint density at radius 2 is 2.15 bits per heavy atom. The van der Waals surface area contributed by atoms with Crippen LogP contribution in [0.5, 0.6) is 0 Å². The van der Waals surface area contributed by atoms with Gasteiger partial charge < -0.3 is 4.90 Å². The first-order valence-corrected chi connectivity index (χ1v) is 6.28. The highest BCUT2D eigenvalue weighted by atomic mass is 19.4. The lowest BCUT2D eigenvalue weighted by Gasteiger charge is -2.30. The highest BCUT2D eigenvalue weighted by Crippen LogP contribution is 2.36. The van der Waals surface area contributed by atoms with Crippen molar-refractivity contribution >= 4 is 5.91 Å². The van der Waals surface area contributed by atoms with Gasteiger partial charge in [0.25, 0.3) is 5.91 Å². The first kappa shape index (κ1) is 14.7. The van der Waals surface area contributed by atoms with E-state index in [4.69, 9.17) is 0 Å². The van der Waals surface area contributed by atoms with E-state index in [2.05, 4.69) is 4.98 Å². The molecule has 0 aliphatic heterocycles. The fourth-order valence-electron chi connectivity index (χ4n) is 2.13. The van der Waals surface area contributed by atoms with E-state index in [9.17, 15) is 22.4 Å². The zero-order valence-electron chi connectivity index (χ0n) is 10.8. The van der Waals surface area contributed by atoms with Crippen molar-refractivity contribution in [1.29, 1.82) is 0 Å². The summed E-state index contributed by atoms with van der Waals surface area (Å²) in [7, 11) is 0. The van der Waals surface area contributed by atoms with Gasteiger partial charge in [0.1, 0.15) is 6.54 Å². The summed E-state index contributed by atoms with van der Waals surface area (Å²) in [5, 5.41) is 0. The van der Waals surface area contributed by atoms with E-state index in [1.807, 2.05) is 0 Å². The molecule has 1 aromatic rings. The maximum atomic E-state index is 13.5. The Bertz CT molecular complexity index is 499. The third-order valence-corrected chi connectivity index (χ3v) is 3.40. The number of amides is 1. The number of rotatable bonds is 4. The fourth-order valence-corrected chi connectivity index (χ4v) is 2.13. The quantitative estimate of drug-likeness (QED) is 0.631. The van der Waals surface area contributed by atoms with Crippen molar-refractivity contribution in [3.8, 4) is 0 Å². The molecule has 0 radical (unpaired) electrons. The maximum Gasteiger partial charge on any atom is 0.406 e. The average molecular weight is 290 g/mol. The number of hydrogen-bond acceptors (Lipinski definition) is 2. The van der Waals surface area contributed by atoms with Gasteiger partial charge >= 0.3 is 6.18 Å². The SMILES string of the molecule is CC(C1CC1)N(CC(F)(F)F)C(=O)c1cccnc1F. The standard InChI is InChI=1S/C13H14F4N2O/c1-8(9-4-5-9)19(7-13(15,16)17)12(20)10-3-2-6-18-11(10)14/h2-3,6,8-9H,4-5,7H2,1H3. The third-order valence-electron chi connectivity index (χ3n) is 3.40. The molecular weight excluding hydrogens is 276 g/mol. The van der Waals surface area contributed by atoms with Gasteiger partial charge in [0.05, 0.1) is 5.56 Å². The zero-order chi connectivity index (χ0) is 14.9. The molecule has 7 heteroatoms. The Balaban J connectivity index is 2.25. The zero-order valence-corrected chi connectivity index (χ0v) is 10.8. The Kier molecular flexibility index (Phi) is 3.96. The van der Waals surface area contributed by atoms with Gasteiger partial charge in [-0.25, -0.2) is 4.98 Å². The second kappa shape index (κ2) is 5.38. The van der Waals surface area contributed by atoms with E-state index in [0.717, 1.165) is 25.1 Å². The van der Waals surface area contributed by atoms with Crippen LogP contribution in [0.2, 0.25) is 0 Å². The summed E-state index contributed by atoms with van der Waals surface area (Å²) in [6, 6.07) is 1.90. The van der Waals surface area contributed by atoms with Crippen LogP contribution in [0.25, 0.3) is 0 Å². The molecule has 0 aromatic carbocycles. The molecule has 0 N–H and O–H groups in total. The number of pyridine rings is 1. The first-order chi connectivity index (χ1) is 9.29. The van der Waals surface area contributed by atoms with E-state index < -0.39 is 36.2 Å². The molecule has 1 aliphatic carbocycles. The van der Waals surface area contributed by atoms with Gasteiger partial charge in [-0.1, -0.05) is 0 Å². The normalized spacial score (nSPS) is 16.9. The van der Waals surface area contributed by atoms with Crippen LogP contribution in [0.3, 0.4) is 0 Å². The van der Waals surface area contributed by atoms with Crippen LogP contribution in [0.1, 0.15) is 30.1 Å². The van der Waals surface area contributed by atoms with Gasteiger partial charge in [-0.3, -0.25) is 4.79 Å². The van der Waals surface area contributed by atoms with Crippen molar-refractivity contribution in [3.05, 3.63) is 29.8 Å². The minimum atomic E-state index is -4.52. The molecule has 1 fully saturated rings. The fraction of sp³-hybridized carbons (Fsp3) is 0.538. The third kappa shape index (κ3) is 3.46. The van der Waals surface area contributed by atoms with Crippen molar-refractivity contribution in [1.82, 2.24) is 9.88 Å². The molecule has 1 heterocycles. The van der Waals surface area contributed by atoms with E-state index in [1.165, 1.54) is 6.07 Å². The van der Waals surface area contributed by atoms with Gasteiger partial charge in [-0.2, -0.15) is 17.6 Å². The van der Waals surface area contributed by atoms with Crippen molar-refractivity contribution in [3.63, 3.8) is 0 Å². The molecule has 1 amide bonds. The summed E-state index contributed by atoms with van der Waals surface area (Å²) in [6.07, 6.45) is -1.79. The van der Waals surface area contributed by atoms with Crippen molar-refractivity contribution in [2.24, 2.45) is 5.92 Å². The van der Waals surface area contributed by atoms with E-state index in [0.29, 0.717) is 4.90 Å². The van der Waals surface area contributed by atoms with E-state index in [-0.39, 0.29) is 5.92 Å². The predicted molar refractivity (Wildman–Crippen MR) is 63.5 cm³/mol. The van der Waals surface area contributed by atoms with Crippen molar-refractivity contribution in [2.45, 2.75) is 32.0 Å². The summed E-state index contributed by atoms with van der Waals surface area (Å²) < 4.78 is 51.3. The minimum absolute atomic E-state index is 0.0565. The minimum Gasteiger partial charge on any atom is -0.326 e. The average Bonchev–Trinajstić information content (AvgIpc) is 3.18. The van der Waals surface area contributed by atoms with Crippen molar-refractivity contribution in [2.75, 3.05) is 6.54 Å². The monoisotopic (exact) mass is 290 g/mol. The first-order valence-electron chi connectivity index (χ1n) is 6.28. The Morgan fingerprint density at radius 1 is 1.50 bits per heavy atom. The number of aromatic nitrogens is 1. The summed E-state index contributed by atoms with van der Waals surface area (Å²) in [5.41, 5.74) is -0.427. The summed E-state index contributed by atoms with van der Waals surface area (Å²) in [4.78, 5) is 16.2. The molecule has 0 spiro atoms. The van der Waals surface area contributed by atoms with Gasteiger partial charge in [0.2, 0.25) is 5.95 Å². The molecule has 1 aromatic heterocycles. The maximum absolute atomic E-state index is 13.5. The molecule has 1 atom stereocenters. The second-order valence-corrected chi connectivity index (χ2v) is 4.97. The molecule has 1 saturated carbocycles. The number of alkyl halides is 3. The Hall–Kier alpha value is -1.66.